The molecule has 1 aromatic rings. The maximum atomic E-state index is 13.2. The van der Waals surface area contributed by atoms with Crippen LogP contribution in [0, 0.1) is 11.6 Å². The summed E-state index contributed by atoms with van der Waals surface area (Å²) < 4.78 is 25.8. The van der Waals surface area contributed by atoms with Crippen LogP contribution in [0.4, 0.5) is 8.78 Å². The Morgan fingerprint density at radius 2 is 2.17 bits per heavy atom. The van der Waals surface area contributed by atoms with Crippen LogP contribution < -0.4 is 5.32 Å². The molecule has 0 aliphatic rings. The summed E-state index contributed by atoms with van der Waals surface area (Å²) >= 11 is 0. The fraction of sp³-hybridized carbons (Fsp3) is 0.364. The zero-order chi connectivity index (χ0) is 13.4. The molecule has 96 valence electrons. The topological polar surface area (TPSA) is 77.9 Å². The molecule has 5 nitrogen and oxygen atoms in total. The average molecular weight is 254 g/mol. The van der Waals surface area contributed by atoms with Crippen molar-refractivity contribution in [1.29, 1.82) is 0 Å². The van der Waals surface area contributed by atoms with E-state index in [1.807, 2.05) is 0 Å². The lowest BCUT2D eigenvalue weighted by atomic mass is 10.2. The normalized spacial score (nSPS) is 9.67. The largest absolute Gasteiger partial charge is 0.352 e. The summed E-state index contributed by atoms with van der Waals surface area (Å²) in [4.78, 5) is 14.1. The summed E-state index contributed by atoms with van der Waals surface area (Å²) in [7, 11) is 0. The summed E-state index contributed by atoms with van der Waals surface area (Å²) in [6, 6.07) is 2.79. The minimum atomic E-state index is -0.887. The molecule has 0 aliphatic carbocycles. The van der Waals surface area contributed by atoms with E-state index >= 15 is 0 Å². The predicted octanol–water partition coefficient (Wildman–Crippen LogP) is 2.79. The number of benzene rings is 1. The molecule has 0 spiro atoms. The van der Waals surface area contributed by atoms with E-state index in [9.17, 15) is 13.6 Å². The first kappa shape index (κ1) is 13.9. The third kappa shape index (κ3) is 4.39. The van der Waals surface area contributed by atoms with Gasteiger partial charge in [-0.3, -0.25) is 4.79 Å². The number of azide groups is 1. The van der Waals surface area contributed by atoms with E-state index in [-0.39, 0.29) is 5.56 Å². The molecule has 0 aromatic heterocycles. The minimum Gasteiger partial charge on any atom is -0.352 e. The van der Waals surface area contributed by atoms with Gasteiger partial charge in [0.2, 0.25) is 0 Å². The van der Waals surface area contributed by atoms with Crippen LogP contribution in [-0.2, 0) is 0 Å². The van der Waals surface area contributed by atoms with Gasteiger partial charge in [-0.25, -0.2) is 8.78 Å². The molecular weight excluding hydrogens is 242 g/mol. The van der Waals surface area contributed by atoms with Gasteiger partial charge in [0, 0.05) is 24.1 Å². The van der Waals surface area contributed by atoms with E-state index in [0.717, 1.165) is 12.1 Å². The van der Waals surface area contributed by atoms with E-state index in [2.05, 4.69) is 15.3 Å². The maximum absolute atomic E-state index is 13.2. The van der Waals surface area contributed by atoms with Crippen molar-refractivity contribution in [2.75, 3.05) is 13.1 Å². The van der Waals surface area contributed by atoms with Crippen LogP contribution in [0.5, 0.6) is 0 Å². The highest BCUT2D eigenvalue weighted by Crippen LogP contribution is 2.09. The van der Waals surface area contributed by atoms with Gasteiger partial charge in [0.15, 0.2) is 0 Å². The van der Waals surface area contributed by atoms with Crippen LogP contribution in [0.3, 0.4) is 0 Å². The van der Waals surface area contributed by atoms with Gasteiger partial charge in [-0.1, -0.05) is 5.11 Å². The van der Waals surface area contributed by atoms with Crippen LogP contribution in [0.1, 0.15) is 23.2 Å². The van der Waals surface area contributed by atoms with Gasteiger partial charge in [0.25, 0.3) is 5.91 Å². The molecule has 0 bridgehead atoms. The second-order valence-corrected chi connectivity index (χ2v) is 3.54. The lowest BCUT2D eigenvalue weighted by Crippen LogP contribution is -2.25. The molecule has 0 atom stereocenters. The van der Waals surface area contributed by atoms with Gasteiger partial charge >= 0.3 is 0 Å². The summed E-state index contributed by atoms with van der Waals surface area (Å²) in [5.74, 6) is -2.20. The fourth-order valence-corrected chi connectivity index (χ4v) is 1.32. The number of carbonyl (C=O) groups is 1. The van der Waals surface area contributed by atoms with Gasteiger partial charge in [-0.2, -0.15) is 0 Å². The van der Waals surface area contributed by atoms with Crippen molar-refractivity contribution in [2.24, 2.45) is 5.11 Å². The third-order valence-corrected chi connectivity index (χ3v) is 2.21. The highest BCUT2D eigenvalue weighted by atomic mass is 19.1. The Morgan fingerprint density at radius 1 is 1.39 bits per heavy atom. The minimum absolute atomic E-state index is 0.188. The second kappa shape index (κ2) is 7.24. The molecule has 1 amide bonds. The van der Waals surface area contributed by atoms with Crippen molar-refractivity contribution in [3.05, 3.63) is 45.8 Å². The molecule has 1 aromatic carbocycles. The number of hydrogen-bond donors (Lipinski definition) is 1. The molecular formula is C11H12F2N4O. The first-order chi connectivity index (χ1) is 8.65. The Balaban J connectivity index is 2.38. The Morgan fingerprint density at radius 3 is 2.83 bits per heavy atom. The van der Waals surface area contributed by atoms with Crippen LogP contribution >= 0.6 is 0 Å². The number of unbranched alkanes of at least 4 members (excludes halogenated alkanes) is 1. The number of hydrogen-bond acceptors (Lipinski definition) is 2. The number of halogens is 2. The molecule has 0 radical (unpaired) electrons. The van der Waals surface area contributed by atoms with Gasteiger partial charge in [0.1, 0.15) is 11.6 Å². The zero-order valence-electron chi connectivity index (χ0n) is 9.57. The lowest BCUT2D eigenvalue weighted by Gasteiger charge is -2.05. The maximum Gasteiger partial charge on any atom is 0.254 e. The SMILES string of the molecule is [N-]=[N+]=NCCCCNC(=O)c1ccc(F)cc1F. The van der Waals surface area contributed by atoms with Crippen molar-refractivity contribution in [1.82, 2.24) is 5.32 Å². The zero-order valence-corrected chi connectivity index (χ0v) is 9.57. The Bertz CT molecular complexity index is 472. The standard InChI is InChI=1S/C11H12F2N4O/c12-8-3-4-9(10(13)7-8)11(18)15-5-1-2-6-16-17-14/h3-4,7H,1-2,5-6H2,(H,15,18). The van der Waals surface area contributed by atoms with Gasteiger partial charge in [-0.05, 0) is 30.5 Å². The number of carbonyl (C=O) groups excluding carboxylic acids is 1. The first-order valence-electron chi connectivity index (χ1n) is 5.39. The Kier molecular flexibility index (Phi) is 5.60. The van der Waals surface area contributed by atoms with Crippen LogP contribution in [-0.4, -0.2) is 19.0 Å². The van der Waals surface area contributed by atoms with Gasteiger partial charge in [0.05, 0.1) is 5.56 Å². The highest BCUT2D eigenvalue weighted by molar-refractivity contribution is 5.94. The summed E-state index contributed by atoms with van der Waals surface area (Å²) in [6.07, 6.45) is 1.25. The number of nitrogens with one attached hydrogen (secondary N) is 1. The highest BCUT2D eigenvalue weighted by Gasteiger charge is 2.11. The second-order valence-electron chi connectivity index (χ2n) is 3.54. The van der Waals surface area contributed by atoms with E-state index in [4.69, 9.17) is 5.53 Å². The average Bonchev–Trinajstić information content (AvgIpc) is 2.33. The van der Waals surface area contributed by atoms with Crippen molar-refractivity contribution < 1.29 is 13.6 Å². The molecule has 0 aliphatic heterocycles. The fourth-order valence-electron chi connectivity index (χ4n) is 1.32. The quantitative estimate of drug-likeness (QED) is 0.360. The summed E-state index contributed by atoms with van der Waals surface area (Å²) in [6.45, 7) is 0.702. The van der Waals surface area contributed by atoms with Crippen LogP contribution in [0.25, 0.3) is 10.4 Å². The molecule has 0 fully saturated rings. The van der Waals surface area contributed by atoms with E-state index in [0.29, 0.717) is 32.0 Å². The van der Waals surface area contributed by atoms with Crippen molar-refractivity contribution in [2.45, 2.75) is 12.8 Å². The van der Waals surface area contributed by atoms with E-state index < -0.39 is 17.5 Å². The molecule has 7 heteroatoms. The number of rotatable bonds is 6. The molecule has 0 saturated heterocycles. The van der Waals surface area contributed by atoms with Crippen molar-refractivity contribution in [3.8, 4) is 0 Å². The lowest BCUT2D eigenvalue weighted by molar-refractivity contribution is 0.0949. The molecule has 0 unspecified atom stereocenters. The van der Waals surface area contributed by atoms with Gasteiger partial charge < -0.3 is 5.32 Å². The molecule has 1 N–H and O–H groups in total. The van der Waals surface area contributed by atoms with Crippen molar-refractivity contribution >= 4 is 5.91 Å². The summed E-state index contributed by atoms with van der Waals surface area (Å²) in [5, 5.41) is 5.84. The molecule has 0 saturated carbocycles. The van der Waals surface area contributed by atoms with Gasteiger partial charge in [-0.15, -0.1) is 0 Å². The third-order valence-electron chi connectivity index (χ3n) is 2.21. The molecule has 18 heavy (non-hydrogen) atoms. The Labute approximate surface area is 102 Å². The number of nitrogens with zero attached hydrogens (tertiary/aromatic N) is 3. The first-order valence-corrected chi connectivity index (χ1v) is 5.39. The Hall–Kier alpha value is -2.14. The number of amides is 1. The van der Waals surface area contributed by atoms with E-state index in [1.54, 1.807) is 0 Å². The van der Waals surface area contributed by atoms with E-state index in [1.165, 1.54) is 0 Å². The van der Waals surface area contributed by atoms with Crippen LogP contribution in [0.15, 0.2) is 23.3 Å². The molecule has 1 rings (SSSR count). The smallest absolute Gasteiger partial charge is 0.254 e. The predicted molar refractivity (Wildman–Crippen MR) is 61.9 cm³/mol. The van der Waals surface area contributed by atoms with Crippen LogP contribution in [0.2, 0.25) is 0 Å². The molecule has 0 heterocycles. The summed E-state index contributed by atoms with van der Waals surface area (Å²) in [5.41, 5.74) is 7.84. The monoisotopic (exact) mass is 254 g/mol. The van der Waals surface area contributed by atoms with Crippen molar-refractivity contribution in [3.63, 3.8) is 0 Å².